The molecule has 0 spiro atoms. The van der Waals surface area contributed by atoms with Gasteiger partial charge in [0, 0.05) is 24.8 Å². The standard InChI is InChI=1S/C12H14N2O6/c1-12(20-3,11(16)19-2)13-10(15)8-5-4-6-9(7-8)14(17)18/h4-7H,1-3H3,(H,13,15). The molecule has 0 aliphatic rings. The summed E-state index contributed by atoms with van der Waals surface area (Å²) in [6, 6.07) is 5.11. The van der Waals surface area contributed by atoms with Crippen LogP contribution in [-0.2, 0) is 14.3 Å². The molecule has 1 aromatic carbocycles. The first-order valence-corrected chi connectivity index (χ1v) is 5.54. The van der Waals surface area contributed by atoms with Gasteiger partial charge < -0.3 is 14.8 Å². The Morgan fingerprint density at radius 1 is 1.35 bits per heavy atom. The van der Waals surface area contributed by atoms with Crippen LogP contribution in [0.3, 0.4) is 0 Å². The van der Waals surface area contributed by atoms with Crippen LogP contribution in [0.1, 0.15) is 17.3 Å². The molecule has 0 fully saturated rings. The summed E-state index contributed by atoms with van der Waals surface area (Å²) in [5, 5.41) is 13.0. The lowest BCUT2D eigenvalue weighted by molar-refractivity contribution is -0.384. The maximum atomic E-state index is 12.0. The number of nitrogens with zero attached hydrogens (tertiary/aromatic N) is 1. The number of carbonyl (C=O) groups excluding carboxylic acids is 2. The summed E-state index contributed by atoms with van der Waals surface area (Å²) in [7, 11) is 2.38. The van der Waals surface area contributed by atoms with E-state index in [1.807, 2.05) is 0 Å². The summed E-state index contributed by atoms with van der Waals surface area (Å²) < 4.78 is 9.44. The van der Waals surface area contributed by atoms with Crippen molar-refractivity contribution in [2.24, 2.45) is 0 Å². The zero-order valence-electron chi connectivity index (χ0n) is 11.2. The fourth-order valence-corrected chi connectivity index (χ4v) is 1.43. The second-order valence-corrected chi connectivity index (χ2v) is 3.99. The molecular formula is C12H14N2O6. The van der Waals surface area contributed by atoms with Crippen molar-refractivity contribution in [1.82, 2.24) is 5.32 Å². The van der Waals surface area contributed by atoms with Crippen molar-refractivity contribution in [2.45, 2.75) is 12.6 Å². The molecule has 0 aliphatic carbocycles. The number of benzene rings is 1. The van der Waals surface area contributed by atoms with Crippen LogP contribution in [0.25, 0.3) is 0 Å². The largest absolute Gasteiger partial charge is 0.465 e. The van der Waals surface area contributed by atoms with Gasteiger partial charge in [0.2, 0.25) is 5.72 Å². The monoisotopic (exact) mass is 282 g/mol. The average Bonchev–Trinajstić information content (AvgIpc) is 2.46. The number of carbonyl (C=O) groups is 2. The summed E-state index contributed by atoms with van der Waals surface area (Å²) in [6.45, 7) is 1.31. The molecule has 108 valence electrons. The molecule has 0 saturated heterocycles. The third-order valence-electron chi connectivity index (χ3n) is 2.65. The van der Waals surface area contributed by atoms with Gasteiger partial charge in [0.05, 0.1) is 12.0 Å². The molecule has 0 aromatic heterocycles. The molecule has 8 nitrogen and oxygen atoms in total. The van der Waals surface area contributed by atoms with Crippen molar-refractivity contribution in [3.05, 3.63) is 39.9 Å². The lowest BCUT2D eigenvalue weighted by atomic mass is 10.1. The molecule has 20 heavy (non-hydrogen) atoms. The number of nitrogens with one attached hydrogen (secondary N) is 1. The Morgan fingerprint density at radius 3 is 2.50 bits per heavy atom. The van der Waals surface area contributed by atoms with Gasteiger partial charge in [-0.05, 0) is 13.0 Å². The Kier molecular flexibility index (Phi) is 4.76. The molecule has 0 saturated carbocycles. The summed E-state index contributed by atoms with van der Waals surface area (Å²) >= 11 is 0. The number of hydrogen-bond donors (Lipinski definition) is 1. The summed E-state index contributed by atoms with van der Waals surface area (Å²) in [4.78, 5) is 33.6. The number of hydrogen-bond acceptors (Lipinski definition) is 6. The van der Waals surface area contributed by atoms with Gasteiger partial charge in [0.1, 0.15) is 0 Å². The van der Waals surface area contributed by atoms with E-state index in [4.69, 9.17) is 4.74 Å². The highest BCUT2D eigenvalue weighted by molar-refractivity contribution is 5.98. The Labute approximate surface area is 114 Å². The third-order valence-corrected chi connectivity index (χ3v) is 2.65. The van der Waals surface area contributed by atoms with Crippen molar-refractivity contribution < 1.29 is 24.0 Å². The minimum Gasteiger partial charge on any atom is -0.465 e. The molecule has 1 aromatic rings. The zero-order chi connectivity index (χ0) is 15.3. The van der Waals surface area contributed by atoms with Gasteiger partial charge in [0.15, 0.2) is 0 Å². The van der Waals surface area contributed by atoms with Crippen molar-refractivity contribution >= 4 is 17.6 Å². The summed E-state index contributed by atoms with van der Waals surface area (Å²) in [5.74, 6) is -1.48. The number of methoxy groups -OCH3 is 2. The summed E-state index contributed by atoms with van der Waals surface area (Å²) in [6.07, 6.45) is 0. The predicted molar refractivity (Wildman–Crippen MR) is 68.0 cm³/mol. The van der Waals surface area contributed by atoms with Crippen LogP contribution in [-0.4, -0.2) is 36.7 Å². The van der Waals surface area contributed by atoms with Gasteiger partial charge in [-0.25, -0.2) is 4.79 Å². The van der Waals surface area contributed by atoms with Gasteiger partial charge in [-0.3, -0.25) is 14.9 Å². The maximum Gasteiger partial charge on any atom is 0.359 e. The van der Waals surface area contributed by atoms with E-state index in [9.17, 15) is 19.7 Å². The number of nitro groups is 1. The summed E-state index contributed by atoms with van der Waals surface area (Å²) in [5.41, 5.74) is -1.86. The van der Waals surface area contributed by atoms with E-state index in [0.717, 1.165) is 13.2 Å². The van der Waals surface area contributed by atoms with E-state index in [-0.39, 0.29) is 11.3 Å². The van der Waals surface area contributed by atoms with E-state index in [0.29, 0.717) is 0 Å². The molecule has 0 radical (unpaired) electrons. The Hall–Kier alpha value is -2.48. The quantitative estimate of drug-likeness (QED) is 0.371. The maximum absolute atomic E-state index is 12.0. The van der Waals surface area contributed by atoms with Crippen LogP contribution < -0.4 is 5.32 Å². The Balaban J connectivity index is 2.98. The highest BCUT2D eigenvalue weighted by Gasteiger charge is 2.36. The number of non-ortho nitro benzene ring substituents is 1. The van der Waals surface area contributed by atoms with Gasteiger partial charge >= 0.3 is 5.97 Å². The van der Waals surface area contributed by atoms with E-state index >= 15 is 0 Å². The van der Waals surface area contributed by atoms with Crippen LogP contribution in [0.4, 0.5) is 5.69 Å². The highest BCUT2D eigenvalue weighted by Crippen LogP contribution is 2.15. The first-order valence-electron chi connectivity index (χ1n) is 5.54. The van der Waals surface area contributed by atoms with Gasteiger partial charge in [-0.1, -0.05) is 6.07 Å². The number of nitro benzene ring substituents is 1. The molecule has 1 atom stereocenters. The molecule has 0 bridgehead atoms. The molecule has 1 N–H and O–H groups in total. The van der Waals surface area contributed by atoms with Gasteiger partial charge in [-0.15, -0.1) is 0 Å². The second kappa shape index (κ2) is 6.11. The fraction of sp³-hybridized carbons (Fsp3) is 0.333. The van der Waals surface area contributed by atoms with Gasteiger partial charge in [-0.2, -0.15) is 0 Å². The molecule has 0 aliphatic heterocycles. The third kappa shape index (κ3) is 3.29. The topological polar surface area (TPSA) is 108 Å². The highest BCUT2D eigenvalue weighted by atomic mass is 16.6. The second-order valence-electron chi connectivity index (χ2n) is 3.99. The van der Waals surface area contributed by atoms with Crippen molar-refractivity contribution in [1.29, 1.82) is 0 Å². The molecule has 8 heteroatoms. The Morgan fingerprint density at radius 2 is 2.00 bits per heavy atom. The lowest BCUT2D eigenvalue weighted by Gasteiger charge is -2.25. The van der Waals surface area contributed by atoms with Crippen LogP contribution in [0.15, 0.2) is 24.3 Å². The van der Waals surface area contributed by atoms with Crippen molar-refractivity contribution in [3.8, 4) is 0 Å². The van der Waals surface area contributed by atoms with E-state index in [1.54, 1.807) is 0 Å². The smallest absolute Gasteiger partial charge is 0.359 e. The SMILES string of the molecule is COC(=O)C(C)(NC(=O)c1cccc([N+](=O)[O-])c1)OC. The van der Waals surface area contributed by atoms with Crippen LogP contribution >= 0.6 is 0 Å². The fourth-order valence-electron chi connectivity index (χ4n) is 1.43. The first-order chi connectivity index (χ1) is 9.34. The molecule has 1 amide bonds. The van der Waals surface area contributed by atoms with Crippen LogP contribution in [0, 0.1) is 10.1 Å². The Bertz CT molecular complexity index is 545. The van der Waals surface area contributed by atoms with Crippen molar-refractivity contribution in [2.75, 3.05) is 14.2 Å². The molecule has 1 rings (SSSR count). The van der Waals surface area contributed by atoms with E-state index in [2.05, 4.69) is 10.1 Å². The van der Waals surface area contributed by atoms with E-state index < -0.39 is 22.5 Å². The van der Waals surface area contributed by atoms with Crippen LogP contribution in [0.5, 0.6) is 0 Å². The molecule has 1 unspecified atom stereocenters. The minimum atomic E-state index is -1.67. The van der Waals surface area contributed by atoms with Crippen LogP contribution in [0.2, 0.25) is 0 Å². The normalized spacial score (nSPS) is 13.2. The van der Waals surface area contributed by atoms with Gasteiger partial charge in [0.25, 0.3) is 11.6 Å². The average molecular weight is 282 g/mol. The number of amides is 1. The lowest BCUT2D eigenvalue weighted by Crippen LogP contribution is -2.54. The number of rotatable bonds is 5. The van der Waals surface area contributed by atoms with Crippen molar-refractivity contribution in [3.63, 3.8) is 0 Å². The first kappa shape index (κ1) is 15.6. The molecule has 0 heterocycles. The minimum absolute atomic E-state index is 0.0337. The van der Waals surface area contributed by atoms with E-state index in [1.165, 1.54) is 32.2 Å². The predicted octanol–water partition coefficient (Wildman–Crippen LogP) is 0.860. The number of esters is 1. The zero-order valence-corrected chi connectivity index (χ0v) is 11.2. The number of ether oxygens (including phenoxy) is 2. The molecular weight excluding hydrogens is 268 g/mol.